The van der Waals surface area contributed by atoms with Gasteiger partial charge in [-0.2, -0.15) is 0 Å². The van der Waals surface area contributed by atoms with Gasteiger partial charge in [0.1, 0.15) is 5.75 Å². The molecule has 0 aliphatic heterocycles. The molecule has 0 atom stereocenters. The third-order valence-corrected chi connectivity index (χ3v) is 3.74. The molecular weight excluding hydrogens is 351 g/mol. The van der Waals surface area contributed by atoms with Crippen molar-refractivity contribution in [3.63, 3.8) is 0 Å². The van der Waals surface area contributed by atoms with Crippen molar-refractivity contribution in [2.75, 3.05) is 18.2 Å². The lowest BCUT2D eigenvalue weighted by Gasteiger charge is -2.14. The van der Waals surface area contributed by atoms with Gasteiger partial charge in [-0.15, -0.1) is 0 Å². The van der Waals surface area contributed by atoms with Gasteiger partial charge in [-0.1, -0.05) is 39.1 Å². The number of hydrogen-bond donors (Lipinski definition) is 2. The van der Waals surface area contributed by atoms with Crippen molar-refractivity contribution in [1.29, 1.82) is 0 Å². The van der Waals surface area contributed by atoms with Gasteiger partial charge < -0.3 is 15.8 Å². The van der Waals surface area contributed by atoms with E-state index in [2.05, 4.69) is 21.2 Å². The van der Waals surface area contributed by atoms with Gasteiger partial charge in [-0.3, -0.25) is 0 Å². The molecule has 3 N–H and O–H groups in total. The fourth-order valence-electron chi connectivity index (χ4n) is 1.59. The van der Waals surface area contributed by atoms with Gasteiger partial charge in [-0.25, -0.2) is 0 Å². The first kappa shape index (κ1) is 14.3. The minimum Gasteiger partial charge on any atom is -0.495 e. The molecule has 0 amide bonds. The first-order chi connectivity index (χ1) is 9.01. The van der Waals surface area contributed by atoms with E-state index in [0.717, 1.165) is 10.2 Å². The van der Waals surface area contributed by atoms with Crippen molar-refractivity contribution in [2.45, 2.75) is 0 Å². The number of hydrogen-bond acceptors (Lipinski definition) is 3. The molecule has 0 saturated carbocycles. The fraction of sp³-hybridized carbons (Fsp3) is 0.0769. The highest BCUT2D eigenvalue weighted by atomic mass is 79.9. The SMILES string of the molecule is COc1ccc(Br)cc1Nc1cc(Cl)c(Cl)cc1N. The van der Waals surface area contributed by atoms with E-state index in [1.807, 2.05) is 18.2 Å². The van der Waals surface area contributed by atoms with Crippen LogP contribution < -0.4 is 15.8 Å². The van der Waals surface area contributed by atoms with E-state index in [1.54, 1.807) is 19.2 Å². The topological polar surface area (TPSA) is 47.3 Å². The van der Waals surface area contributed by atoms with Crippen LogP contribution in [0.3, 0.4) is 0 Å². The number of anilines is 3. The van der Waals surface area contributed by atoms with Crippen LogP contribution in [0.4, 0.5) is 17.1 Å². The third kappa shape index (κ3) is 3.26. The average molecular weight is 362 g/mol. The van der Waals surface area contributed by atoms with Gasteiger partial charge in [0.15, 0.2) is 0 Å². The quantitative estimate of drug-likeness (QED) is 0.748. The second-order valence-corrected chi connectivity index (χ2v) is 5.55. The molecule has 3 nitrogen and oxygen atoms in total. The predicted octanol–water partition coefficient (Wildman–Crippen LogP) is 5.09. The maximum atomic E-state index is 5.99. The lowest BCUT2D eigenvalue weighted by Crippen LogP contribution is -1.98. The van der Waals surface area contributed by atoms with Crippen LogP contribution in [0, 0.1) is 0 Å². The molecule has 0 aliphatic carbocycles. The molecule has 2 aromatic carbocycles. The van der Waals surface area contributed by atoms with Crippen molar-refractivity contribution < 1.29 is 4.74 Å². The highest BCUT2D eigenvalue weighted by molar-refractivity contribution is 9.10. The highest BCUT2D eigenvalue weighted by Gasteiger charge is 2.09. The summed E-state index contributed by atoms with van der Waals surface area (Å²) in [4.78, 5) is 0. The summed E-state index contributed by atoms with van der Waals surface area (Å²) in [5.41, 5.74) is 7.87. The molecule has 0 fully saturated rings. The molecule has 0 radical (unpaired) electrons. The Morgan fingerprint density at radius 3 is 2.47 bits per heavy atom. The minimum atomic E-state index is 0.422. The molecule has 0 aliphatic rings. The first-order valence-corrected chi connectivity index (χ1v) is 6.91. The van der Waals surface area contributed by atoms with Gasteiger partial charge in [0.2, 0.25) is 0 Å². The molecule has 2 rings (SSSR count). The summed E-state index contributed by atoms with van der Waals surface area (Å²) >= 11 is 15.3. The summed E-state index contributed by atoms with van der Waals surface area (Å²) < 4.78 is 6.21. The van der Waals surface area contributed by atoms with E-state index in [9.17, 15) is 0 Å². The number of halogens is 3. The Labute approximate surface area is 129 Å². The second-order valence-electron chi connectivity index (χ2n) is 3.82. The molecule has 0 bridgehead atoms. The van der Waals surface area contributed by atoms with Crippen LogP contribution in [0.2, 0.25) is 10.0 Å². The zero-order chi connectivity index (χ0) is 14.0. The Kier molecular flexibility index (Phi) is 4.45. The van der Waals surface area contributed by atoms with Gasteiger partial charge in [0.25, 0.3) is 0 Å². The summed E-state index contributed by atoms with van der Waals surface area (Å²) in [6.45, 7) is 0. The molecule has 0 heterocycles. The van der Waals surface area contributed by atoms with E-state index in [4.69, 9.17) is 33.7 Å². The van der Waals surface area contributed by atoms with E-state index < -0.39 is 0 Å². The molecule has 100 valence electrons. The third-order valence-electron chi connectivity index (χ3n) is 2.52. The van der Waals surface area contributed by atoms with Crippen molar-refractivity contribution in [3.05, 3.63) is 44.8 Å². The van der Waals surface area contributed by atoms with Gasteiger partial charge in [0.05, 0.1) is 34.2 Å². The molecule has 0 unspecified atom stereocenters. The Morgan fingerprint density at radius 2 is 1.79 bits per heavy atom. The Balaban J connectivity index is 2.41. The maximum Gasteiger partial charge on any atom is 0.142 e. The molecule has 2 aromatic rings. The van der Waals surface area contributed by atoms with E-state index in [0.29, 0.717) is 27.2 Å². The normalized spacial score (nSPS) is 10.3. The average Bonchev–Trinajstić information content (AvgIpc) is 2.36. The molecule has 0 aromatic heterocycles. The van der Waals surface area contributed by atoms with Gasteiger partial charge in [-0.05, 0) is 30.3 Å². The second kappa shape index (κ2) is 5.90. The zero-order valence-electron chi connectivity index (χ0n) is 10.0. The van der Waals surface area contributed by atoms with Crippen LogP contribution in [-0.2, 0) is 0 Å². The van der Waals surface area contributed by atoms with Crippen LogP contribution in [-0.4, -0.2) is 7.11 Å². The predicted molar refractivity (Wildman–Crippen MR) is 84.9 cm³/mol. The Bertz CT molecular complexity index is 620. The molecular formula is C13H11BrCl2N2O. The fourth-order valence-corrected chi connectivity index (χ4v) is 2.29. The smallest absolute Gasteiger partial charge is 0.142 e. The van der Waals surface area contributed by atoms with Gasteiger partial charge in [0, 0.05) is 4.47 Å². The minimum absolute atomic E-state index is 0.422. The molecule has 0 spiro atoms. The Morgan fingerprint density at radius 1 is 1.11 bits per heavy atom. The first-order valence-electron chi connectivity index (χ1n) is 5.36. The molecule has 6 heteroatoms. The highest BCUT2D eigenvalue weighted by Crippen LogP contribution is 2.36. The number of nitrogens with two attached hydrogens (primary N) is 1. The summed E-state index contributed by atoms with van der Waals surface area (Å²) in [5.74, 6) is 0.702. The number of rotatable bonds is 3. The van der Waals surface area contributed by atoms with Crippen molar-refractivity contribution in [2.24, 2.45) is 0 Å². The molecule has 0 saturated heterocycles. The van der Waals surface area contributed by atoms with E-state index >= 15 is 0 Å². The summed E-state index contributed by atoms with van der Waals surface area (Å²) in [6, 6.07) is 8.92. The number of nitrogens with one attached hydrogen (secondary N) is 1. The summed E-state index contributed by atoms with van der Waals surface area (Å²) in [5, 5.41) is 4.04. The standard InChI is InChI=1S/C13H11BrCl2N2O/c1-19-13-3-2-7(14)4-12(13)18-11-6-9(16)8(15)5-10(11)17/h2-6,18H,17H2,1H3. The lowest BCUT2D eigenvalue weighted by atomic mass is 10.2. The number of benzene rings is 2. The van der Waals surface area contributed by atoms with Gasteiger partial charge >= 0.3 is 0 Å². The van der Waals surface area contributed by atoms with Crippen LogP contribution in [0.25, 0.3) is 0 Å². The van der Waals surface area contributed by atoms with Crippen molar-refractivity contribution in [3.8, 4) is 5.75 Å². The Hall–Kier alpha value is -1.10. The summed E-state index contributed by atoms with van der Waals surface area (Å²) in [7, 11) is 1.60. The van der Waals surface area contributed by atoms with Crippen molar-refractivity contribution in [1.82, 2.24) is 0 Å². The van der Waals surface area contributed by atoms with Crippen LogP contribution >= 0.6 is 39.1 Å². The van der Waals surface area contributed by atoms with Crippen LogP contribution in [0.1, 0.15) is 0 Å². The van der Waals surface area contributed by atoms with Crippen molar-refractivity contribution >= 4 is 56.2 Å². The van der Waals surface area contributed by atoms with E-state index in [-0.39, 0.29) is 0 Å². The van der Waals surface area contributed by atoms with Crippen LogP contribution in [0.15, 0.2) is 34.8 Å². The maximum absolute atomic E-state index is 5.99. The number of ether oxygens (including phenoxy) is 1. The number of methoxy groups -OCH3 is 1. The van der Waals surface area contributed by atoms with E-state index in [1.165, 1.54) is 0 Å². The number of nitrogen functional groups attached to an aromatic ring is 1. The van der Waals surface area contributed by atoms with Crippen LogP contribution in [0.5, 0.6) is 5.75 Å². The largest absolute Gasteiger partial charge is 0.495 e. The lowest BCUT2D eigenvalue weighted by molar-refractivity contribution is 0.417. The molecule has 19 heavy (non-hydrogen) atoms. The zero-order valence-corrected chi connectivity index (χ0v) is 13.1. The summed E-state index contributed by atoms with van der Waals surface area (Å²) in [6.07, 6.45) is 0. The monoisotopic (exact) mass is 360 g/mol.